The van der Waals surface area contributed by atoms with Gasteiger partial charge in [0.05, 0.1) is 12.3 Å². The van der Waals surface area contributed by atoms with Crippen molar-refractivity contribution >= 4 is 15.9 Å². The molecular formula is C14H17BrN2O2. The van der Waals surface area contributed by atoms with Crippen molar-refractivity contribution in [2.24, 2.45) is 0 Å². The molecule has 1 aromatic heterocycles. The summed E-state index contributed by atoms with van der Waals surface area (Å²) in [4.78, 5) is 0. The molecule has 0 aliphatic carbocycles. The maximum absolute atomic E-state index is 9.19. The first-order valence-electron chi connectivity index (χ1n) is 6.16. The Balaban J connectivity index is 2.01. The normalized spacial score (nSPS) is 11.0. The van der Waals surface area contributed by atoms with Crippen LogP contribution in [0.15, 0.2) is 34.9 Å². The van der Waals surface area contributed by atoms with Gasteiger partial charge >= 0.3 is 0 Å². The van der Waals surface area contributed by atoms with Crippen LogP contribution in [0.2, 0.25) is 0 Å². The highest BCUT2D eigenvalue weighted by Gasteiger charge is 2.05. The van der Waals surface area contributed by atoms with Gasteiger partial charge in [-0.2, -0.15) is 5.10 Å². The van der Waals surface area contributed by atoms with E-state index in [0.29, 0.717) is 12.6 Å². The van der Waals surface area contributed by atoms with Crippen LogP contribution >= 0.6 is 15.9 Å². The molecule has 2 aromatic rings. The average Bonchev–Trinajstić information content (AvgIpc) is 2.87. The highest BCUT2D eigenvalue weighted by molar-refractivity contribution is 9.10. The van der Waals surface area contributed by atoms with Gasteiger partial charge in [-0.15, -0.1) is 0 Å². The standard InChI is InChI=1S/C14H17BrN2O2/c1-10(2)17-6-5-12(16-17)9-19-13-3-4-14(15)11(7-13)8-18/h3-7,10,18H,8-9H2,1-2H3. The van der Waals surface area contributed by atoms with Gasteiger partial charge in [-0.05, 0) is 43.7 Å². The number of hydrogen-bond donors (Lipinski definition) is 1. The third-order valence-corrected chi connectivity index (χ3v) is 3.54. The van der Waals surface area contributed by atoms with E-state index in [4.69, 9.17) is 4.74 Å². The Labute approximate surface area is 121 Å². The number of nitrogens with zero attached hydrogens (tertiary/aromatic N) is 2. The molecule has 0 saturated heterocycles. The number of aromatic nitrogens is 2. The lowest BCUT2D eigenvalue weighted by Gasteiger charge is -2.08. The second kappa shape index (κ2) is 6.21. The number of ether oxygens (including phenoxy) is 1. The van der Waals surface area contributed by atoms with E-state index in [9.17, 15) is 5.11 Å². The van der Waals surface area contributed by atoms with Crippen LogP contribution in [0.3, 0.4) is 0 Å². The lowest BCUT2D eigenvalue weighted by molar-refractivity contribution is 0.276. The number of hydrogen-bond acceptors (Lipinski definition) is 3. The minimum absolute atomic E-state index is 0.0141. The third-order valence-electron chi connectivity index (χ3n) is 2.77. The number of rotatable bonds is 5. The summed E-state index contributed by atoms with van der Waals surface area (Å²) in [6, 6.07) is 7.86. The zero-order valence-corrected chi connectivity index (χ0v) is 12.6. The second-order valence-corrected chi connectivity index (χ2v) is 5.44. The van der Waals surface area contributed by atoms with Crippen molar-refractivity contribution in [2.75, 3.05) is 0 Å². The van der Waals surface area contributed by atoms with Gasteiger partial charge in [-0.25, -0.2) is 0 Å². The van der Waals surface area contributed by atoms with Gasteiger partial charge in [0.25, 0.3) is 0 Å². The quantitative estimate of drug-likeness (QED) is 0.917. The van der Waals surface area contributed by atoms with Crippen LogP contribution in [0.1, 0.15) is 31.1 Å². The predicted octanol–water partition coefficient (Wildman–Crippen LogP) is 3.30. The van der Waals surface area contributed by atoms with Gasteiger partial charge in [0.1, 0.15) is 12.4 Å². The lowest BCUT2D eigenvalue weighted by atomic mass is 10.2. The van der Waals surface area contributed by atoms with Crippen molar-refractivity contribution < 1.29 is 9.84 Å². The molecule has 0 fully saturated rings. The second-order valence-electron chi connectivity index (χ2n) is 4.58. The van der Waals surface area contributed by atoms with E-state index >= 15 is 0 Å². The zero-order chi connectivity index (χ0) is 13.8. The molecule has 1 aromatic carbocycles. The molecule has 2 rings (SSSR count). The maximum Gasteiger partial charge on any atom is 0.132 e. The van der Waals surface area contributed by atoms with E-state index in [1.807, 2.05) is 35.1 Å². The molecule has 0 radical (unpaired) electrons. The van der Waals surface area contributed by atoms with Crippen LogP contribution in [0.4, 0.5) is 0 Å². The Hall–Kier alpha value is -1.33. The predicted molar refractivity (Wildman–Crippen MR) is 77.0 cm³/mol. The Bertz CT molecular complexity index is 552. The number of halogens is 1. The Morgan fingerprint density at radius 1 is 1.37 bits per heavy atom. The lowest BCUT2D eigenvalue weighted by Crippen LogP contribution is -2.03. The van der Waals surface area contributed by atoms with E-state index in [0.717, 1.165) is 21.5 Å². The number of benzene rings is 1. The largest absolute Gasteiger partial charge is 0.487 e. The topological polar surface area (TPSA) is 47.3 Å². The molecule has 102 valence electrons. The third kappa shape index (κ3) is 3.58. The molecule has 0 bridgehead atoms. The smallest absolute Gasteiger partial charge is 0.132 e. The summed E-state index contributed by atoms with van der Waals surface area (Å²) in [7, 11) is 0. The van der Waals surface area contributed by atoms with E-state index < -0.39 is 0 Å². The summed E-state index contributed by atoms with van der Waals surface area (Å²) >= 11 is 3.37. The average molecular weight is 325 g/mol. The minimum atomic E-state index is -0.0141. The van der Waals surface area contributed by atoms with Crippen LogP contribution in [-0.2, 0) is 13.2 Å². The molecule has 0 spiro atoms. The van der Waals surface area contributed by atoms with Crippen LogP contribution < -0.4 is 4.74 Å². The van der Waals surface area contributed by atoms with Gasteiger partial charge in [-0.3, -0.25) is 4.68 Å². The van der Waals surface area contributed by atoms with Crippen molar-refractivity contribution in [3.63, 3.8) is 0 Å². The van der Waals surface area contributed by atoms with Crippen molar-refractivity contribution in [3.8, 4) is 5.75 Å². The molecule has 5 heteroatoms. The summed E-state index contributed by atoms with van der Waals surface area (Å²) in [5.74, 6) is 0.728. The molecule has 1 N–H and O–H groups in total. The van der Waals surface area contributed by atoms with Crippen LogP contribution in [0, 0.1) is 0 Å². The van der Waals surface area contributed by atoms with Gasteiger partial charge < -0.3 is 9.84 Å². The van der Waals surface area contributed by atoms with Crippen molar-refractivity contribution in [1.82, 2.24) is 9.78 Å². The number of aliphatic hydroxyl groups excluding tert-OH is 1. The van der Waals surface area contributed by atoms with E-state index in [1.54, 1.807) is 0 Å². The van der Waals surface area contributed by atoms with Gasteiger partial charge in [0.15, 0.2) is 0 Å². The Morgan fingerprint density at radius 3 is 2.79 bits per heavy atom. The fraction of sp³-hybridized carbons (Fsp3) is 0.357. The Kier molecular flexibility index (Phi) is 4.61. The highest BCUT2D eigenvalue weighted by atomic mass is 79.9. The molecule has 4 nitrogen and oxygen atoms in total. The van der Waals surface area contributed by atoms with Crippen LogP contribution in [0.5, 0.6) is 5.75 Å². The first kappa shape index (κ1) is 14.1. The molecule has 0 amide bonds. The molecule has 0 aliphatic rings. The highest BCUT2D eigenvalue weighted by Crippen LogP contribution is 2.23. The molecule has 0 saturated carbocycles. The van der Waals surface area contributed by atoms with Crippen molar-refractivity contribution in [3.05, 3.63) is 46.2 Å². The van der Waals surface area contributed by atoms with E-state index in [1.165, 1.54) is 0 Å². The van der Waals surface area contributed by atoms with Crippen molar-refractivity contribution in [2.45, 2.75) is 33.1 Å². The van der Waals surface area contributed by atoms with Crippen LogP contribution in [0.25, 0.3) is 0 Å². The summed E-state index contributed by atoms with van der Waals surface area (Å²) in [6.45, 7) is 4.58. The SMILES string of the molecule is CC(C)n1ccc(COc2ccc(Br)c(CO)c2)n1. The van der Waals surface area contributed by atoms with E-state index in [2.05, 4.69) is 34.9 Å². The fourth-order valence-corrected chi connectivity index (χ4v) is 2.03. The first-order valence-corrected chi connectivity index (χ1v) is 6.95. The first-order chi connectivity index (χ1) is 9.10. The maximum atomic E-state index is 9.19. The Morgan fingerprint density at radius 2 is 2.16 bits per heavy atom. The van der Waals surface area contributed by atoms with Crippen molar-refractivity contribution in [1.29, 1.82) is 0 Å². The molecule has 0 unspecified atom stereocenters. The zero-order valence-electron chi connectivity index (χ0n) is 11.0. The summed E-state index contributed by atoms with van der Waals surface area (Å²) in [6.07, 6.45) is 1.95. The monoisotopic (exact) mass is 324 g/mol. The van der Waals surface area contributed by atoms with Gasteiger partial charge in [0.2, 0.25) is 0 Å². The molecule has 19 heavy (non-hydrogen) atoms. The van der Waals surface area contributed by atoms with Gasteiger partial charge in [-0.1, -0.05) is 15.9 Å². The van der Waals surface area contributed by atoms with E-state index in [-0.39, 0.29) is 6.61 Å². The number of aliphatic hydroxyl groups is 1. The molecular weight excluding hydrogens is 308 g/mol. The summed E-state index contributed by atoms with van der Waals surface area (Å²) in [5, 5.41) is 13.6. The fourth-order valence-electron chi connectivity index (χ4n) is 1.66. The van der Waals surface area contributed by atoms with Crippen LogP contribution in [-0.4, -0.2) is 14.9 Å². The molecule has 0 aliphatic heterocycles. The van der Waals surface area contributed by atoms with Gasteiger partial charge in [0, 0.05) is 16.7 Å². The summed E-state index contributed by atoms with van der Waals surface area (Å²) in [5.41, 5.74) is 1.70. The molecule has 1 heterocycles. The molecule has 0 atom stereocenters. The summed E-state index contributed by atoms with van der Waals surface area (Å²) < 4.78 is 8.46. The minimum Gasteiger partial charge on any atom is -0.487 e.